The summed E-state index contributed by atoms with van der Waals surface area (Å²) in [7, 11) is 1.93. The van der Waals surface area contributed by atoms with Crippen LogP contribution < -0.4 is 5.32 Å². The molecule has 5 nitrogen and oxygen atoms in total. The summed E-state index contributed by atoms with van der Waals surface area (Å²) in [4.78, 5) is 16.0. The standard InChI is InChI=1S/C17H22N4OS/c1-20-11-13(10-18-20)15-9-16(22)19-17(15)4-6-21(7-5-17)12-14-3-2-8-23-14/h2-3,8,10-11,15H,4-7,9,12H2,1H3,(H,19,22)/t15-/m1/s1. The van der Waals surface area contributed by atoms with Gasteiger partial charge in [-0.25, -0.2) is 0 Å². The van der Waals surface area contributed by atoms with Crippen LogP contribution >= 0.6 is 11.3 Å². The summed E-state index contributed by atoms with van der Waals surface area (Å²) in [6.07, 6.45) is 6.61. The Labute approximate surface area is 140 Å². The minimum absolute atomic E-state index is 0.0773. The molecule has 0 aliphatic carbocycles. The van der Waals surface area contributed by atoms with Gasteiger partial charge in [0.15, 0.2) is 0 Å². The van der Waals surface area contributed by atoms with Gasteiger partial charge in [0, 0.05) is 55.6 Å². The van der Waals surface area contributed by atoms with Gasteiger partial charge >= 0.3 is 0 Å². The number of nitrogens with one attached hydrogen (secondary N) is 1. The Bertz CT molecular complexity index is 685. The van der Waals surface area contributed by atoms with Gasteiger partial charge in [-0.05, 0) is 29.9 Å². The lowest BCUT2D eigenvalue weighted by Gasteiger charge is -2.42. The molecule has 0 bridgehead atoms. The lowest BCUT2D eigenvalue weighted by atomic mass is 9.75. The SMILES string of the molecule is Cn1cc([C@H]2CC(=O)NC23CCN(Cc2cccs2)CC3)cn1. The highest BCUT2D eigenvalue weighted by atomic mass is 32.1. The zero-order valence-electron chi connectivity index (χ0n) is 13.4. The normalized spacial score (nSPS) is 24.2. The van der Waals surface area contributed by atoms with E-state index in [-0.39, 0.29) is 17.4 Å². The summed E-state index contributed by atoms with van der Waals surface area (Å²) in [6.45, 7) is 3.10. The predicted molar refractivity (Wildman–Crippen MR) is 90.3 cm³/mol. The number of nitrogens with zero attached hydrogens (tertiary/aromatic N) is 3. The minimum atomic E-state index is -0.0773. The van der Waals surface area contributed by atoms with Gasteiger partial charge in [-0.2, -0.15) is 5.10 Å². The molecule has 2 aliphatic rings. The second-order valence-electron chi connectivity index (χ2n) is 6.76. The molecule has 0 aromatic carbocycles. The molecule has 4 heterocycles. The Kier molecular flexibility index (Phi) is 3.73. The number of aryl methyl sites for hydroxylation is 1. The van der Waals surface area contributed by atoms with Gasteiger partial charge in [0.25, 0.3) is 0 Å². The highest BCUT2D eigenvalue weighted by Crippen LogP contribution is 2.43. The molecule has 0 saturated carbocycles. The monoisotopic (exact) mass is 330 g/mol. The van der Waals surface area contributed by atoms with Crippen molar-refractivity contribution in [1.29, 1.82) is 0 Å². The van der Waals surface area contributed by atoms with Crippen LogP contribution in [0.2, 0.25) is 0 Å². The Balaban J connectivity index is 1.48. The molecule has 6 heteroatoms. The molecule has 1 amide bonds. The molecule has 0 radical (unpaired) electrons. The van der Waals surface area contributed by atoms with Crippen LogP contribution in [0.4, 0.5) is 0 Å². The third kappa shape index (κ3) is 2.81. The van der Waals surface area contributed by atoms with Crippen LogP contribution in [0.25, 0.3) is 0 Å². The first-order valence-electron chi connectivity index (χ1n) is 8.19. The van der Waals surface area contributed by atoms with E-state index in [1.54, 1.807) is 0 Å². The van der Waals surface area contributed by atoms with Crippen LogP contribution in [0.3, 0.4) is 0 Å². The van der Waals surface area contributed by atoms with E-state index in [1.807, 2.05) is 29.3 Å². The Morgan fingerprint density at radius 1 is 1.43 bits per heavy atom. The van der Waals surface area contributed by atoms with Crippen LogP contribution in [0.5, 0.6) is 0 Å². The third-order valence-corrected chi connectivity index (χ3v) is 6.14. The number of piperidine rings is 1. The smallest absolute Gasteiger partial charge is 0.221 e. The van der Waals surface area contributed by atoms with Crippen LogP contribution in [0, 0.1) is 0 Å². The summed E-state index contributed by atoms with van der Waals surface area (Å²) in [5.41, 5.74) is 1.11. The van der Waals surface area contributed by atoms with Crippen molar-refractivity contribution in [2.45, 2.75) is 37.3 Å². The molecule has 2 saturated heterocycles. The van der Waals surface area contributed by atoms with E-state index in [9.17, 15) is 4.79 Å². The van der Waals surface area contributed by atoms with E-state index >= 15 is 0 Å². The minimum Gasteiger partial charge on any atom is -0.350 e. The molecular formula is C17H22N4OS. The average molecular weight is 330 g/mol. The van der Waals surface area contributed by atoms with Gasteiger partial charge in [0.2, 0.25) is 5.91 Å². The molecule has 1 atom stereocenters. The second-order valence-corrected chi connectivity index (χ2v) is 7.80. The maximum atomic E-state index is 12.1. The van der Waals surface area contributed by atoms with Gasteiger partial charge in [0.05, 0.1) is 6.20 Å². The number of hydrogen-bond donors (Lipinski definition) is 1. The molecule has 2 fully saturated rings. The number of rotatable bonds is 3. The molecule has 2 aliphatic heterocycles. The fourth-order valence-corrected chi connectivity index (χ4v) is 4.81. The van der Waals surface area contributed by atoms with Crippen LogP contribution in [-0.4, -0.2) is 39.2 Å². The van der Waals surface area contributed by atoms with Crippen LogP contribution in [-0.2, 0) is 18.4 Å². The van der Waals surface area contributed by atoms with Gasteiger partial charge in [0.1, 0.15) is 0 Å². The van der Waals surface area contributed by atoms with Gasteiger partial charge < -0.3 is 5.32 Å². The largest absolute Gasteiger partial charge is 0.350 e. The lowest BCUT2D eigenvalue weighted by Crippen LogP contribution is -2.53. The highest BCUT2D eigenvalue weighted by Gasteiger charge is 2.48. The van der Waals surface area contributed by atoms with Crippen molar-refractivity contribution in [1.82, 2.24) is 20.0 Å². The molecule has 4 rings (SSSR count). The van der Waals surface area contributed by atoms with Crippen LogP contribution in [0.1, 0.15) is 35.6 Å². The summed E-state index contributed by atoms with van der Waals surface area (Å²) < 4.78 is 1.83. The molecule has 2 aromatic rings. The summed E-state index contributed by atoms with van der Waals surface area (Å²) >= 11 is 1.82. The average Bonchev–Trinajstić information content (AvgIpc) is 3.24. The molecule has 0 unspecified atom stereocenters. The van der Waals surface area contributed by atoms with Gasteiger partial charge in [-0.3, -0.25) is 14.4 Å². The Morgan fingerprint density at radius 3 is 2.91 bits per heavy atom. The van der Waals surface area contributed by atoms with Crippen LogP contribution in [0.15, 0.2) is 29.9 Å². The van der Waals surface area contributed by atoms with Gasteiger partial charge in [-0.15, -0.1) is 11.3 Å². The zero-order valence-corrected chi connectivity index (χ0v) is 14.2. The van der Waals surface area contributed by atoms with E-state index in [2.05, 4.69) is 39.0 Å². The quantitative estimate of drug-likeness (QED) is 0.938. The van der Waals surface area contributed by atoms with E-state index in [0.29, 0.717) is 6.42 Å². The van der Waals surface area contributed by atoms with Gasteiger partial charge in [-0.1, -0.05) is 6.07 Å². The molecule has 122 valence electrons. The summed E-state index contributed by atoms with van der Waals surface area (Å²) in [5.74, 6) is 0.443. The van der Waals surface area contributed by atoms with Crippen molar-refractivity contribution in [3.63, 3.8) is 0 Å². The topological polar surface area (TPSA) is 50.2 Å². The fraction of sp³-hybridized carbons (Fsp3) is 0.529. The lowest BCUT2D eigenvalue weighted by molar-refractivity contribution is -0.120. The van der Waals surface area contributed by atoms with E-state index in [4.69, 9.17) is 0 Å². The Hall–Kier alpha value is -1.66. The van der Waals surface area contributed by atoms with Crippen molar-refractivity contribution < 1.29 is 4.79 Å². The number of amides is 1. The predicted octanol–water partition coefficient (Wildman–Crippen LogP) is 2.12. The molecule has 1 N–H and O–H groups in total. The summed E-state index contributed by atoms with van der Waals surface area (Å²) in [5, 5.41) is 9.74. The fourth-order valence-electron chi connectivity index (χ4n) is 4.06. The Morgan fingerprint density at radius 2 is 2.26 bits per heavy atom. The van der Waals surface area contributed by atoms with E-state index in [1.165, 1.54) is 10.4 Å². The highest BCUT2D eigenvalue weighted by molar-refractivity contribution is 7.09. The molecular weight excluding hydrogens is 308 g/mol. The molecule has 23 heavy (non-hydrogen) atoms. The van der Waals surface area contributed by atoms with E-state index in [0.717, 1.165) is 32.5 Å². The first-order chi connectivity index (χ1) is 11.1. The van der Waals surface area contributed by atoms with Crippen molar-refractivity contribution in [3.8, 4) is 0 Å². The first kappa shape index (κ1) is 14.9. The number of aromatic nitrogens is 2. The summed E-state index contributed by atoms with van der Waals surface area (Å²) in [6, 6.07) is 4.31. The molecule has 1 spiro atoms. The van der Waals surface area contributed by atoms with Crippen molar-refractivity contribution >= 4 is 17.2 Å². The number of hydrogen-bond acceptors (Lipinski definition) is 4. The first-order valence-corrected chi connectivity index (χ1v) is 9.07. The van der Waals surface area contributed by atoms with Crippen molar-refractivity contribution in [2.75, 3.05) is 13.1 Å². The van der Waals surface area contributed by atoms with Crippen molar-refractivity contribution in [3.05, 3.63) is 40.3 Å². The number of likely N-dealkylation sites (tertiary alicyclic amines) is 1. The third-order valence-electron chi connectivity index (χ3n) is 5.28. The number of thiophene rings is 1. The molecule has 2 aromatic heterocycles. The maximum absolute atomic E-state index is 12.1. The second kappa shape index (κ2) is 5.76. The van der Waals surface area contributed by atoms with Crippen molar-refractivity contribution in [2.24, 2.45) is 7.05 Å². The number of carbonyl (C=O) groups excluding carboxylic acids is 1. The number of carbonyl (C=O) groups is 1. The van der Waals surface area contributed by atoms with E-state index < -0.39 is 0 Å². The maximum Gasteiger partial charge on any atom is 0.221 e. The zero-order chi connectivity index (χ0) is 15.9.